The fourth-order valence-electron chi connectivity index (χ4n) is 5.11. The molecule has 0 saturated carbocycles. The molecule has 0 heterocycles. The van der Waals surface area contributed by atoms with Crippen molar-refractivity contribution in [3.8, 4) is 0 Å². The summed E-state index contributed by atoms with van der Waals surface area (Å²) in [7, 11) is 0. The molecule has 0 aliphatic rings. The normalized spacial score (nSPS) is 12.2. The molecular formula is C35H64N4O11. The Hall–Kier alpha value is -3.30. The third kappa shape index (κ3) is 31.9. The first-order valence-corrected chi connectivity index (χ1v) is 18.4. The number of amides is 3. The van der Waals surface area contributed by atoms with Crippen LogP contribution < -0.4 is 21.7 Å². The predicted octanol–water partition coefficient (Wildman–Crippen LogP) is 3.51. The molecule has 50 heavy (non-hydrogen) atoms. The second kappa shape index (κ2) is 32.9. The van der Waals surface area contributed by atoms with E-state index in [1.54, 1.807) is 0 Å². The minimum atomic E-state index is -1.18. The molecule has 0 bridgehead atoms. The van der Waals surface area contributed by atoms with Crippen molar-refractivity contribution < 1.29 is 53.6 Å². The molecule has 0 saturated heterocycles. The number of carboxylic acid groups (broad SMARTS) is 3. The topological polar surface area (TPSA) is 244 Å². The fourth-order valence-corrected chi connectivity index (χ4v) is 5.11. The summed E-state index contributed by atoms with van der Waals surface area (Å²) < 4.78 is 10.6. The van der Waals surface area contributed by atoms with Crippen LogP contribution in [0, 0.1) is 0 Å². The monoisotopic (exact) mass is 716 g/mol. The zero-order valence-electron chi connectivity index (χ0n) is 29.9. The summed E-state index contributed by atoms with van der Waals surface area (Å²) in [5, 5.41) is 34.6. The fraction of sp³-hybridized carbons (Fsp3) is 0.829. The van der Waals surface area contributed by atoms with Crippen molar-refractivity contribution in [2.24, 2.45) is 5.73 Å². The molecule has 0 aromatic carbocycles. The number of rotatable bonds is 36. The molecule has 0 aromatic heterocycles. The number of carbonyl (C=O) groups excluding carboxylic acids is 3. The van der Waals surface area contributed by atoms with E-state index in [0.717, 1.165) is 38.5 Å². The van der Waals surface area contributed by atoms with Gasteiger partial charge in [-0.15, -0.1) is 0 Å². The lowest BCUT2D eigenvalue weighted by Crippen LogP contribution is -2.41. The minimum absolute atomic E-state index is 0.0215. The highest BCUT2D eigenvalue weighted by Gasteiger charge is 2.20. The molecule has 0 aromatic rings. The van der Waals surface area contributed by atoms with E-state index in [0.29, 0.717) is 32.2 Å². The zero-order valence-corrected chi connectivity index (χ0v) is 29.9. The van der Waals surface area contributed by atoms with Crippen LogP contribution in [0.1, 0.15) is 135 Å². The predicted molar refractivity (Wildman–Crippen MR) is 187 cm³/mol. The van der Waals surface area contributed by atoms with Crippen molar-refractivity contribution in [1.29, 1.82) is 0 Å². The van der Waals surface area contributed by atoms with Crippen molar-refractivity contribution in [2.75, 3.05) is 39.5 Å². The number of carbonyl (C=O) groups is 6. The van der Waals surface area contributed by atoms with Crippen molar-refractivity contribution in [3.05, 3.63) is 0 Å². The first-order valence-electron chi connectivity index (χ1n) is 18.4. The van der Waals surface area contributed by atoms with Crippen molar-refractivity contribution >= 4 is 35.6 Å². The van der Waals surface area contributed by atoms with Gasteiger partial charge in [0.2, 0.25) is 17.7 Å². The van der Waals surface area contributed by atoms with E-state index in [1.807, 2.05) is 0 Å². The Morgan fingerprint density at radius 3 is 1.56 bits per heavy atom. The quantitative estimate of drug-likeness (QED) is 0.0461. The van der Waals surface area contributed by atoms with Crippen LogP contribution in [0.5, 0.6) is 0 Å². The smallest absolute Gasteiger partial charge is 0.326 e. The van der Waals surface area contributed by atoms with Crippen molar-refractivity contribution in [3.63, 3.8) is 0 Å². The van der Waals surface area contributed by atoms with Crippen LogP contribution in [0.2, 0.25) is 0 Å². The number of nitrogens with one attached hydrogen (secondary N) is 3. The minimum Gasteiger partial charge on any atom is -0.481 e. The average Bonchev–Trinajstić information content (AvgIpc) is 3.06. The van der Waals surface area contributed by atoms with Crippen LogP contribution in [-0.2, 0) is 38.2 Å². The van der Waals surface area contributed by atoms with Gasteiger partial charge in [0.15, 0.2) is 0 Å². The molecule has 3 amide bonds. The van der Waals surface area contributed by atoms with E-state index in [4.69, 9.17) is 25.4 Å². The van der Waals surface area contributed by atoms with Gasteiger partial charge in [-0.25, -0.2) is 4.79 Å². The van der Waals surface area contributed by atoms with E-state index < -0.39 is 30.0 Å². The molecule has 0 aliphatic carbocycles. The highest BCUT2D eigenvalue weighted by atomic mass is 16.5. The molecule has 8 N–H and O–H groups in total. The highest BCUT2D eigenvalue weighted by Crippen LogP contribution is 2.14. The van der Waals surface area contributed by atoms with Gasteiger partial charge < -0.3 is 46.5 Å². The molecular weight excluding hydrogens is 652 g/mol. The Kier molecular flexibility index (Phi) is 30.7. The third-order valence-corrected chi connectivity index (χ3v) is 8.09. The third-order valence-electron chi connectivity index (χ3n) is 8.09. The number of carboxylic acids is 3. The van der Waals surface area contributed by atoms with Crippen LogP contribution in [0.15, 0.2) is 0 Å². The molecule has 0 unspecified atom stereocenters. The molecule has 290 valence electrons. The number of hydrogen-bond acceptors (Lipinski definition) is 9. The van der Waals surface area contributed by atoms with E-state index >= 15 is 0 Å². The van der Waals surface area contributed by atoms with Gasteiger partial charge in [-0.2, -0.15) is 0 Å². The number of unbranched alkanes of at least 4 members (excludes halogenated alkanes) is 14. The van der Waals surface area contributed by atoms with Crippen LogP contribution >= 0.6 is 0 Å². The van der Waals surface area contributed by atoms with Crippen LogP contribution in [0.4, 0.5) is 0 Å². The lowest BCUT2D eigenvalue weighted by Gasteiger charge is -2.14. The summed E-state index contributed by atoms with van der Waals surface area (Å²) in [6.07, 6.45) is 17.1. The summed E-state index contributed by atoms with van der Waals surface area (Å²) in [5.41, 5.74) is 5.42. The lowest BCUT2D eigenvalue weighted by atomic mass is 10.0. The molecule has 0 rings (SSSR count). The van der Waals surface area contributed by atoms with Crippen LogP contribution in [0.3, 0.4) is 0 Å². The van der Waals surface area contributed by atoms with Gasteiger partial charge >= 0.3 is 17.9 Å². The largest absolute Gasteiger partial charge is 0.481 e. The molecule has 0 fully saturated rings. The highest BCUT2D eigenvalue weighted by molar-refractivity contribution is 5.84. The van der Waals surface area contributed by atoms with Crippen LogP contribution in [-0.4, -0.2) is 103 Å². The Balaban J connectivity index is 3.69. The van der Waals surface area contributed by atoms with E-state index in [1.165, 1.54) is 44.9 Å². The molecule has 0 aliphatic heterocycles. The molecule has 2 atom stereocenters. The van der Waals surface area contributed by atoms with Gasteiger partial charge in [0.05, 0.1) is 19.8 Å². The van der Waals surface area contributed by atoms with E-state index in [2.05, 4.69) is 16.0 Å². The van der Waals surface area contributed by atoms with E-state index in [9.17, 15) is 33.9 Å². The SMILES string of the molecule is N[C@@H](CCCCNC(=O)COCCOCCNC(=O)CC[C@H](NC(=O)CCCCCCCCCCCCCCCCC(=O)O)C(=O)O)C(=O)O. The number of hydrogen-bond donors (Lipinski definition) is 7. The summed E-state index contributed by atoms with van der Waals surface area (Å²) in [6, 6.07) is -2.03. The Labute approximate surface area is 297 Å². The van der Waals surface area contributed by atoms with Gasteiger partial charge in [0.1, 0.15) is 18.7 Å². The van der Waals surface area contributed by atoms with E-state index in [-0.39, 0.29) is 76.4 Å². The number of nitrogens with two attached hydrogens (primary N) is 1. The Bertz CT molecular complexity index is 952. The Morgan fingerprint density at radius 1 is 0.500 bits per heavy atom. The van der Waals surface area contributed by atoms with Crippen molar-refractivity contribution in [1.82, 2.24) is 16.0 Å². The second-order valence-electron chi connectivity index (χ2n) is 12.6. The second-order valence-corrected chi connectivity index (χ2v) is 12.6. The molecule has 0 radical (unpaired) electrons. The maximum atomic E-state index is 12.3. The Morgan fingerprint density at radius 2 is 1.02 bits per heavy atom. The lowest BCUT2D eigenvalue weighted by molar-refractivity contribution is -0.142. The van der Waals surface area contributed by atoms with Crippen molar-refractivity contribution in [2.45, 2.75) is 147 Å². The first kappa shape index (κ1) is 46.7. The maximum Gasteiger partial charge on any atom is 0.326 e. The maximum absolute atomic E-state index is 12.3. The number of ether oxygens (including phenoxy) is 2. The zero-order chi connectivity index (χ0) is 37.2. The summed E-state index contributed by atoms with van der Waals surface area (Å²) in [5.74, 6) is -3.91. The average molecular weight is 717 g/mol. The summed E-state index contributed by atoms with van der Waals surface area (Å²) in [6.45, 7) is 1.07. The molecule has 15 heteroatoms. The van der Waals surface area contributed by atoms with Gasteiger partial charge in [-0.3, -0.25) is 24.0 Å². The number of aliphatic carboxylic acids is 3. The van der Waals surface area contributed by atoms with Gasteiger partial charge in [-0.1, -0.05) is 77.0 Å². The standard InChI is InChI=1S/C35H64N4O11/c36-28(34(45)46)17-15-16-22-37-32(42)27-50-26-25-49-24-23-38-30(40)21-20-29(35(47)48)39-31(41)18-13-11-9-7-5-3-1-2-4-6-8-10-12-14-19-33(43)44/h28-29H,1-27,36H2,(H,37,42)(H,38,40)(H,39,41)(H,43,44)(H,45,46)(H,47,48)/t28-,29-/m0/s1. The molecule has 15 nitrogen and oxygen atoms in total. The van der Waals surface area contributed by atoms with Gasteiger partial charge in [-0.05, 0) is 38.5 Å². The summed E-state index contributed by atoms with van der Waals surface area (Å²) in [4.78, 5) is 68.8. The molecule has 0 spiro atoms. The first-order chi connectivity index (χ1) is 24.0. The van der Waals surface area contributed by atoms with Gasteiger partial charge in [0.25, 0.3) is 0 Å². The van der Waals surface area contributed by atoms with Gasteiger partial charge in [0, 0.05) is 32.4 Å². The summed E-state index contributed by atoms with van der Waals surface area (Å²) >= 11 is 0. The van der Waals surface area contributed by atoms with Crippen LogP contribution in [0.25, 0.3) is 0 Å².